The number of ether oxygens (including phenoxy) is 1. The number of hydrogen-bond donors (Lipinski definition) is 2. The molecule has 2 atom stereocenters. The van der Waals surface area contributed by atoms with Gasteiger partial charge >= 0.3 is 5.97 Å². The second-order valence-corrected chi connectivity index (χ2v) is 4.77. The number of nitrogens with one attached hydrogen (secondary N) is 2. The number of rotatable bonds is 2. The zero-order valence-electron chi connectivity index (χ0n) is 10.5. The van der Waals surface area contributed by atoms with Crippen LogP contribution in [0.2, 0.25) is 0 Å². The van der Waals surface area contributed by atoms with E-state index >= 15 is 0 Å². The molecule has 0 radical (unpaired) electrons. The third kappa shape index (κ3) is 1.77. The summed E-state index contributed by atoms with van der Waals surface area (Å²) in [6.45, 7) is 5.10. The summed E-state index contributed by atoms with van der Waals surface area (Å²) in [5.41, 5.74) is 0.550. The highest BCUT2D eigenvalue weighted by Crippen LogP contribution is 2.33. The van der Waals surface area contributed by atoms with Gasteiger partial charge in [-0.25, -0.2) is 9.48 Å². The van der Waals surface area contributed by atoms with Crippen molar-refractivity contribution in [2.75, 3.05) is 31.6 Å². The van der Waals surface area contributed by atoms with Gasteiger partial charge < -0.3 is 15.4 Å². The van der Waals surface area contributed by atoms with Crippen molar-refractivity contribution in [2.24, 2.45) is 5.92 Å². The van der Waals surface area contributed by atoms with E-state index in [1.54, 1.807) is 6.20 Å². The van der Waals surface area contributed by atoms with Crippen molar-refractivity contribution in [3.05, 3.63) is 11.8 Å². The molecule has 1 fully saturated rings. The van der Waals surface area contributed by atoms with E-state index in [2.05, 4.69) is 15.7 Å². The van der Waals surface area contributed by atoms with Crippen molar-refractivity contribution in [3.8, 4) is 0 Å². The maximum absolute atomic E-state index is 11.8. The van der Waals surface area contributed by atoms with Crippen molar-refractivity contribution in [1.29, 1.82) is 0 Å². The van der Waals surface area contributed by atoms with Crippen LogP contribution in [-0.2, 0) is 4.74 Å². The lowest BCUT2D eigenvalue weighted by Crippen LogP contribution is -2.44. The van der Waals surface area contributed by atoms with E-state index in [4.69, 9.17) is 4.74 Å². The summed E-state index contributed by atoms with van der Waals surface area (Å²) in [6.07, 6.45) is 2.67. The van der Waals surface area contributed by atoms with E-state index < -0.39 is 0 Å². The average Bonchev–Trinajstić information content (AvgIpc) is 2.83. The predicted molar refractivity (Wildman–Crippen MR) is 66.7 cm³/mol. The van der Waals surface area contributed by atoms with E-state index in [0.717, 1.165) is 31.9 Å². The highest BCUT2D eigenvalue weighted by molar-refractivity contribution is 5.94. The molecule has 0 spiro atoms. The van der Waals surface area contributed by atoms with E-state index in [1.165, 1.54) is 0 Å². The minimum absolute atomic E-state index is 0.293. The van der Waals surface area contributed by atoms with Crippen LogP contribution < -0.4 is 10.6 Å². The quantitative estimate of drug-likeness (QED) is 0.754. The molecular formula is C12H18N4O2. The number of nitrogens with zero attached hydrogens (tertiary/aromatic N) is 2. The number of carbonyl (C=O) groups is 1. The topological polar surface area (TPSA) is 68.2 Å². The standard InChI is InChI=1S/C12H18N4O2/c1-2-18-12(17)9-7-15-16-10-3-4-13-5-8(10)6-14-11(9)16/h7-8,10,13-14H,2-6H2,1H3. The van der Waals surface area contributed by atoms with Crippen LogP contribution in [0.4, 0.5) is 5.82 Å². The molecule has 0 bridgehead atoms. The van der Waals surface area contributed by atoms with Crippen LogP contribution in [0, 0.1) is 5.92 Å². The van der Waals surface area contributed by atoms with Crippen molar-refractivity contribution in [1.82, 2.24) is 15.1 Å². The summed E-state index contributed by atoms with van der Waals surface area (Å²) in [6, 6.07) is 0.394. The number of hydrogen-bond acceptors (Lipinski definition) is 5. The molecule has 6 heteroatoms. The summed E-state index contributed by atoms with van der Waals surface area (Å²) in [4.78, 5) is 11.8. The summed E-state index contributed by atoms with van der Waals surface area (Å²) >= 11 is 0. The Hall–Kier alpha value is -1.56. The first-order chi connectivity index (χ1) is 8.81. The van der Waals surface area contributed by atoms with Gasteiger partial charge in [0.25, 0.3) is 0 Å². The summed E-state index contributed by atoms with van der Waals surface area (Å²) in [5, 5.41) is 11.1. The van der Waals surface area contributed by atoms with Crippen LogP contribution in [0.3, 0.4) is 0 Å². The first-order valence-corrected chi connectivity index (χ1v) is 6.50. The first-order valence-electron chi connectivity index (χ1n) is 6.50. The highest BCUT2D eigenvalue weighted by atomic mass is 16.5. The smallest absolute Gasteiger partial charge is 0.343 e. The van der Waals surface area contributed by atoms with Gasteiger partial charge in [-0.15, -0.1) is 0 Å². The van der Waals surface area contributed by atoms with E-state index in [-0.39, 0.29) is 5.97 Å². The fourth-order valence-corrected chi connectivity index (χ4v) is 2.82. The summed E-state index contributed by atoms with van der Waals surface area (Å²) in [7, 11) is 0. The molecule has 2 unspecified atom stereocenters. The third-order valence-electron chi connectivity index (χ3n) is 3.70. The van der Waals surface area contributed by atoms with Gasteiger partial charge in [-0.1, -0.05) is 0 Å². The lowest BCUT2D eigenvalue weighted by atomic mass is 9.92. The Kier molecular flexibility index (Phi) is 2.95. The molecule has 3 heterocycles. The van der Waals surface area contributed by atoms with Crippen molar-refractivity contribution < 1.29 is 9.53 Å². The number of esters is 1. The lowest BCUT2D eigenvalue weighted by Gasteiger charge is -2.37. The van der Waals surface area contributed by atoms with Gasteiger partial charge in [0.15, 0.2) is 0 Å². The summed E-state index contributed by atoms with van der Waals surface area (Å²) < 4.78 is 7.00. The number of aromatic nitrogens is 2. The van der Waals surface area contributed by atoms with Crippen LogP contribution in [-0.4, -0.2) is 42.0 Å². The number of anilines is 1. The van der Waals surface area contributed by atoms with Crippen LogP contribution in [0.25, 0.3) is 0 Å². The maximum Gasteiger partial charge on any atom is 0.343 e. The molecule has 98 valence electrons. The van der Waals surface area contributed by atoms with Gasteiger partial charge in [0.05, 0.1) is 18.8 Å². The average molecular weight is 250 g/mol. The monoisotopic (exact) mass is 250 g/mol. The SMILES string of the molecule is CCOC(=O)c1cnn2c1NCC1CNCCC12. The van der Waals surface area contributed by atoms with Crippen LogP contribution in [0.15, 0.2) is 6.20 Å². The Morgan fingerprint density at radius 1 is 1.61 bits per heavy atom. The Morgan fingerprint density at radius 2 is 2.50 bits per heavy atom. The largest absolute Gasteiger partial charge is 0.462 e. The number of fused-ring (bicyclic) bond motifs is 3. The molecule has 0 saturated carbocycles. The van der Waals surface area contributed by atoms with Gasteiger partial charge in [0, 0.05) is 19.0 Å². The molecule has 0 aromatic carbocycles. The van der Waals surface area contributed by atoms with Crippen molar-refractivity contribution >= 4 is 11.8 Å². The molecular weight excluding hydrogens is 232 g/mol. The van der Waals surface area contributed by atoms with Gasteiger partial charge in [-0.2, -0.15) is 5.10 Å². The molecule has 3 rings (SSSR count). The van der Waals surface area contributed by atoms with Crippen LogP contribution in [0.1, 0.15) is 29.7 Å². The predicted octanol–water partition coefficient (Wildman–Crippen LogP) is 0.636. The third-order valence-corrected chi connectivity index (χ3v) is 3.70. The van der Waals surface area contributed by atoms with E-state index in [1.807, 2.05) is 11.6 Å². The lowest BCUT2D eigenvalue weighted by molar-refractivity contribution is 0.0527. The van der Waals surface area contributed by atoms with E-state index in [9.17, 15) is 4.79 Å². The molecule has 18 heavy (non-hydrogen) atoms. The molecule has 6 nitrogen and oxygen atoms in total. The second kappa shape index (κ2) is 4.61. The first kappa shape index (κ1) is 11.5. The fraction of sp³-hybridized carbons (Fsp3) is 0.667. The Labute approximate surface area is 106 Å². The zero-order valence-corrected chi connectivity index (χ0v) is 10.5. The minimum atomic E-state index is -0.293. The Bertz CT molecular complexity index is 457. The highest BCUT2D eigenvalue weighted by Gasteiger charge is 2.34. The molecule has 2 N–H and O–H groups in total. The molecule has 0 amide bonds. The molecule has 2 aliphatic rings. The van der Waals surface area contributed by atoms with Crippen molar-refractivity contribution in [2.45, 2.75) is 19.4 Å². The fourth-order valence-electron chi connectivity index (χ4n) is 2.82. The molecule has 1 saturated heterocycles. The second-order valence-electron chi connectivity index (χ2n) is 4.77. The van der Waals surface area contributed by atoms with Crippen LogP contribution in [0.5, 0.6) is 0 Å². The number of carbonyl (C=O) groups excluding carboxylic acids is 1. The van der Waals surface area contributed by atoms with Gasteiger partial charge in [-0.3, -0.25) is 0 Å². The maximum atomic E-state index is 11.8. The molecule has 1 aromatic heterocycles. The van der Waals surface area contributed by atoms with Gasteiger partial charge in [-0.05, 0) is 19.9 Å². The summed E-state index contributed by atoms with van der Waals surface area (Å²) in [5.74, 6) is 1.07. The van der Waals surface area contributed by atoms with Gasteiger partial charge in [0.2, 0.25) is 0 Å². The normalized spacial score (nSPS) is 25.8. The number of piperidine rings is 1. The molecule has 2 aliphatic heterocycles. The molecule has 0 aliphatic carbocycles. The van der Waals surface area contributed by atoms with Crippen LogP contribution >= 0.6 is 0 Å². The zero-order chi connectivity index (χ0) is 12.5. The van der Waals surface area contributed by atoms with Crippen molar-refractivity contribution in [3.63, 3.8) is 0 Å². The van der Waals surface area contributed by atoms with Gasteiger partial charge in [0.1, 0.15) is 11.4 Å². The van der Waals surface area contributed by atoms with E-state index in [0.29, 0.717) is 24.1 Å². The Morgan fingerprint density at radius 3 is 3.33 bits per heavy atom. The molecule has 1 aromatic rings. The Balaban J connectivity index is 1.90. The minimum Gasteiger partial charge on any atom is -0.462 e.